The van der Waals surface area contributed by atoms with Gasteiger partial charge in [-0.2, -0.15) is 0 Å². The number of aromatic hydroxyl groups is 1. The third-order valence-electron chi connectivity index (χ3n) is 2.04. The molecule has 0 aliphatic carbocycles. The number of amides is 1. The van der Waals surface area contributed by atoms with Gasteiger partial charge in [0.2, 0.25) is 0 Å². The SMILES string of the molecule is Cc1cccc(C(=O)NC[C@@H](C)O)c1O. The van der Waals surface area contributed by atoms with Gasteiger partial charge in [0.05, 0.1) is 11.7 Å². The Hall–Kier alpha value is -1.55. The highest BCUT2D eigenvalue weighted by atomic mass is 16.3. The minimum atomic E-state index is -0.596. The number of carbonyl (C=O) groups excluding carboxylic acids is 1. The van der Waals surface area contributed by atoms with Crippen LogP contribution in [-0.4, -0.2) is 28.8 Å². The summed E-state index contributed by atoms with van der Waals surface area (Å²) in [5, 5.41) is 21.1. The molecule has 0 saturated heterocycles. The highest BCUT2D eigenvalue weighted by Crippen LogP contribution is 2.20. The third kappa shape index (κ3) is 2.95. The van der Waals surface area contributed by atoms with Gasteiger partial charge in [-0.1, -0.05) is 12.1 Å². The summed E-state index contributed by atoms with van der Waals surface area (Å²) in [5.74, 6) is -0.391. The van der Waals surface area contributed by atoms with E-state index in [2.05, 4.69) is 5.32 Å². The van der Waals surface area contributed by atoms with E-state index < -0.39 is 6.10 Å². The fraction of sp³-hybridized carbons (Fsp3) is 0.364. The Labute approximate surface area is 88.6 Å². The van der Waals surface area contributed by atoms with Gasteiger partial charge >= 0.3 is 0 Å². The molecule has 15 heavy (non-hydrogen) atoms. The molecular weight excluding hydrogens is 194 g/mol. The van der Waals surface area contributed by atoms with E-state index in [1.54, 1.807) is 32.0 Å². The molecule has 1 amide bonds. The number of para-hydroxylation sites is 1. The van der Waals surface area contributed by atoms with Gasteiger partial charge in [0.1, 0.15) is 5.75 Å². The maximum atomic E-state index is 11.5. The molecule has 82 valence electrons. The lowest BCUT2D eigenvalue weighted by Crippen LogP contribution is -2.30. The number of hydrogen-bond acceptors (Lipinski definition) is 3. The van der Waals surface area contributed by atoms with Crippen LogP contribution in [0, 0.1) is 6.92 Å². The molecule has 0 radical (unpaired) electrons. The summed E-state index contributed by atoms with van der Waals surface area (Å²) in [5.41, 5.74) is 0.885. The molecule has 4 nitrogen and oxygen atoms in total. The van der Waals surface area contributed by atoms with Crippen molar-refractivity contribution in [1.29, 1.82) is 0 Å². The van der Waals surface area contributed by atoms with Crippen molar-refractivity contribution in [2.45, 2.75) is 20.0 Å². The molecule has 4 heteroatoms. The molecule has 0 saturated carbocycles. The molecular formula is C11H15NO3. The van der Waals surface area contributed by atoms with E-state index in [-0.39, 0.29) is 23.8 Å². The lowest BCUT2D eigenvalue weighted by atomic mass is 10.1. The first-order valence-corrected chi connectivity index (χ1v) is 4.77. The fourth-order valence-corrected chi connectivity index (χ4v) is 1.18. The number of rotatable bonds is 3. The minimum Gasteiger partial charge on any atom is -0.507 e. The van der Waals surface area contributed by atoms with E-state index in [4.69, 9.17) is 5.11 Å². The van der Waals surface area contributed by atoms with Crippen LogP contribution < -0.4 is 5.32 Å². The van der Waals surface area contributed by atoms with Gasteiger partial charge in [-0.15, -0.1) is 0 Å². The summed E-state index contributed by atoms with van der Waals surface area (Å²) in [4.78, 5) is 11.5. The standard InChI is InChI=1S/C11H15NO3/c1-7-4-3-5-9(10(7)14)11(15)12-6-8(2)13/h3-5,8,13-14H,6H2,1-2H3,(H,12,15)/t8-/m1/s1. The molecule has 0 bridgehead atoms. The second kappa shape index (κ2) is 4.79. The molecule has 0 aromatic heterocycles. The van der Waals surface area contributed by atoms with Gasteiger partial charge in [0.15, 0.2) is 0 Å². The van der Waals surface area contributed by atoms with Crippen LogP contribution >= 0.6 is 0 Å². The van der Waals surface area contributed by atoms with Crippen LogP contribution in [0.4, 0.5) is 0 Å². The van der Waals surface area contributed by atoms with Crippen LogP contribution in [0.1, 0.15) is 22.8 Å². The number of benzene rings is 1. The maximum Gasteiger partial charge on any atom is 0.255 e. The first-order chi connectivity index (χ1) is 7.02. The van der Waals surface area contributed by atoms with Crippen molar-refractivity contribution < 1.29 is 15.0 Å². The Morgan fingerprint density at radius 3 is 2.80 bits per heavy atom. The summed E-state index contributed by atoms with van der Waals surface area (Å²) >= 11 is 0. The molecule has 0 aliphatic rings. The Balaban J connectivity index is 2.78. The lowest BCUT2D eigenvalue weighted by molar-refractivity contribution is 0.0921. The quantitative estimate of drug-likeness (QED) is 0.690. The Kier molecular flexibility index (Phi) is 3.68. The van der Waals surface area contributed by atoms with E-state index >= 15 is 0 Å². The second-order valence-corrected chi connectivity index (χ2v) is 3.53. The molecule has 3 N–H and O–H groups in total. The van der Waals surface area contributed by atoms with Crippen molar-refractivity contribution >= 4 is 5.91 Å². The topological polar surface area (TPSA) is 69.6 Å². The molecule has 0 unspecified atom stereocenters. The summed E-state index contributed by atoms with van der Waals surface area (Å²) in [7, 11) is 0. The first kappa shape index (κ1) is 11.5. The minimum absolute atomic E-state index is 0.0133. The van der Waals surface area contributed by atoms with Crippen LogP contribution in [0.3, 0.4) is 0 Å². The van der Waals surface area contributed by atoms with E-state index in [1.165, 1.54) is 0 Å². The summed E-state index contributed by atoms with van der Waals surface area (Å²) in [6.07, 6.45) is -0.596. The van der Waals surface area contributed by atoms with Crippen molar-refractivity contribution in [3.63, 3.8) is 0 Å². The van der Waals surface area contributed by atoms with Crippen LogP contribution in [0.25, 0.3) is 0 Å². The Morgan fingerprint density at radius 2 is 2.20 bits per heavy atom. The highest BCUT2D eigenvalue weighted by molar-refractivity contribution is 5.97. The number of phenolic OH excluding ortho intramolecular Hbond substituents is 1. The van der Waals surface area contributed by atoms with Gasteiger partial charge in [-0.25, -0.2) is 0 Å². The predicted molar refractivity (Wildman–Crippen MR) is 56.9 cm³/mol. The molecule has 0 fully saturated rings. The van der Waals surface area contributed by atoms with Crippen LogP contribution in [0.15, 0.2) is 18.2 Å². The molecule has 0 aliphatic heterocycles. The third-order valence-corrected chi connectivity index (χ3v) is 2.04. The van der Waals surface area contributed by atoms with Crippen molar-refractivity contribution in [3.8, 4) is 5.75 Å². The smallest absolute Gasteiger partial charge is 0.255 e. The predicted octanol–water partition coefficient (Wildman–Crippen LogP) is 0.811. The number of aryl methyl sites for hydroxylation is 1. The molecule has 0 spiro atoms. The van der Waals surface area contributed by atoms with Gasteiger partial charge in [0, 0.05) is 6.54 Å². The van der Waals surface area contributed by atoms with E-state index in [0.29, 0.717) is 5.56 Å². The van der Waals surface area contributed by atoms with Gasteiger partial charge in [-0.05, 0) is 25.5 Å². The van der Waals surface area contributed by atoms with E-state index in [0.717, 1.165) is 0 Å². The molecule has 1 rings (SSSR count). The van der Waals surface area contributed by atoms with Crippen molar-refractivity contribution in [2.24, 2.45) is 0 Å². The van der Waals surface area contributed by atoms with Crippen LogP contribution in [-0.2, 0) is 0 Å². The molecule has 1 aromatic carbocycles. The number of aliphatic hydroxyl groups is 1. The number of carbonyl (C=O) groups is 1. The number of aliphatic hydroxyl groups excluding tert-OH is 1. The number of phenols is 1. The van der Waals surface area contributed by atoms with Crippen molar-refractivity contribution in [1.82, 2.24) is 5.32 Å². The average molecular weight is 209 g/mol. The number of hydrogen-bond donors (Lipinski definition) is 3. The second-order valence-electron chi connectivity index (χ2n) is 3.53. The molecule has 0 heterocycles. The van der Waals surface area contributed by atoms with E-state index in [9.17, 15) is 9.90 Å². The summed E-state index contributed by atoms with van der Waals surface area (Å²) < 4.78 is 0. The zero-order valence-corrected chi connectivity index (χ0v) is 8.82. The van der Waals surface area contributed by atoms with Gasteiger partial charge in [-0.3, -0.25) is 4.79 Å². The van der Waals surface area contributed by atoms with Crippen LogP contribution in [0.5, 0.6) is 5.75 Å². The molecule has 1 atom stereocenters. The highest BCUT2D eigenvalue weighted by Gasteiger charge is 2.12. The lowest BCUT2D eigenvalue weighted by Gasteiger charge is -2.09. The Morgan fingerprint density at radius 1 is 1.53 bits per heavy atom. The summed E-state index contributed by atoms with van der Waals surface area (Å²) in [6.45, 7) is 3.48. The van der Waals surface area contributed by atoms with E-state index in [1.807, 2.05) is 0 Å². The van der Waals surface area contributed by atoms with Crippen LogP contribution in [0.2, 0.25) is 0 Å². The Bertz CT molecular complexity index is 361. The maximum absolute atomic E-state index is 11.5. The monoisotopic (exact) mass is 209 g/mol. The zero-order valence-electron chi connectivity index (χ0n) is 8.82. The number of nitrogens with one attached hydrogen (secondary N) is 1. The first-order valence-electron chi connectivity index (χ1n) is 4.77. The largest absolute Gasteiger partial charge is 0.507 e. The fourth-order valence-electron chi connectivity index (χ4n) is 1.18. The summed E-state index contributed by atoms with van der Waals surface area (Å²) in [6, 6.07) is 4.97. The average Bonchev–Trinajstić information content (AvgIpc) is 2.18. The van der Waals surface area contributed by atoms with Crippen molar-refractivity contribution in [2.75, 3.05) is 6.54 Å². The molecule has 1 aromatic rings. The van der Waals surface area contributed by atoms with Gasteiger partial charge in [0.25, 0.3) is 5.91 Å². The van der Waals surface area contributed by atoms with Gasteiger partial charge < -0.3 is 15.5 Å². The zero-order chi connectivity index (χ0) is 11.4. The normalized spacial score (nSPS) is 12.2. The van der Waals surface area contributed by atoms with Crippen molar-refractivity contribution in [3.05, 3.63) is 29.3 Å².